The number of H-pyrrole nitrogens is 1. The number of hydrogen-bond acceptors (Lipinski definition) is 5. The van der Waals surface area contributed by atoms with Crippen LogP contribution in [0.25, 0.3) is 0 Å². The van der Waals surface area contributed by atoms with Crippen LogP contribution in [0, 0.1) is 0 Å². The maximum absolute atomic E-state index is 11.7. The Bertz CT molecular complexity index is 573. The predicted octanol–water partition coefficient (Wildman–Crippen LogP) is -0.941. The summed E-state index contributed by atoms with van der Waals surface area (Å²) in [5.41, 5.74) is 0. The van der Waals surface area contributed by atoms with Gasteiger partial charge in [-0.3, -0.25) is 4.68 Å². The minimum Gasteiger partial charge on any atom is -0.335 e. The van der Waals surface area contributed by atoms with Crippen LogP contribution in [0.2, 0.25) is 0 Å². The molecule has 0 spiro atoms. The Hall–Kier alpha value is -1.74. The third kappa shape index (κ3) is 2.88. The summed E-state index contributed by atoms with van der Waals surface area (Å²) in [5.74, 6) is 0.597. The van der Waals surface area contributed by atoms with E-state index < -0.39 is 10.0 Å². The quantitative estimate of drug-likeness (QED) is 0.718. The lowest BCUT2D eigenvalue weighted by Crippen LogP contribution is -2.26. The van der Waals surface area contributed by atoms with Crippen LogP contribution in [0.3, 0.4) is 0 Å². The first-order chi connectivity index (χ1) is 8.08. The number of sulfonamides is 1. The number of aromatic nitrogens is 5. The molecule has 0 saturated heterocycles. The monoisotopic (exact) mass is 256 g/mol. The van der Waals surface area contributed by atoms with Gasteiger partial charge in [0.1, 0.15) is 6.33 Å². The minimum absolute atomic E-state index is 0.0477. The van der Waals surface area contributed by atoms with E-state index in [-0.39, 0.29) is 11.6 Å². The van der Waals surface area contributed by atoms with Crippen molar-refractivity contribution in [1.29, 1.82) is 0 Å². The highest BCUT2D eigenvalue weighted by Gasteiger charge is 2.14. The summed E-state index contributed by atoms with van der Waals surface area (Å²) >= 11 is 0. The Morgan fingerprint density at radius 2 is 2.35 bits per heavy atom. The molecule has 2 aromatic rings. The zero-order chi connectivity index (χ0) is 12.3. The van der Waals surface area contributed by atoms with Gasteiger partial charge in [-0.15, -0.1) is 0 Å². The second kappa shape index (κ2) is 4.63. The number of hydrogen-bond donors (Lipinski definition) is 2. The summed E-state index contributed by atoms with van der Waals surface area (Å²) in [6, 6.07) is 0. The van der Waals surface area contributed by atoms with E-state index in [0.717, 1.165) is 0 Å². The number of rotatable bonds is 5. The van der Waals surface area contributed by atoms with E-state index in [1.54, 1.807) is 18.1 Å². The highest BCUT2D eigenvalue weighted by molar-refractivity contribution is 7.89. The summed E-state index contributed by atoms with van der Waals surface area (Å²) in [7, 11) is -1.76. The highest BCUT2D eigenvalue weighted by atomic mass is 32.2. The van der Waals surface area contributed by atoms with Crippen molar-refractivity contribution in [2.24, 2.45) is 7.05 Å². The van der Waals surface area contributed by atoms with E-state index in [2.05, 4.69) is 24.8 Å². The maximum atomic E-state index is 11.7. The van der Waals surface area contributed by atoms with Gasteiger partial charge in [-0.25, -0.2) is 23.1 Å². The molecule has 0 radical (unpaired) electrons. The average molecular weight is 256 g/mol. The first kappa shape index (κ1) is 11.7. The number of aryl methyl sites for hydroxylation is 1. The lowest BCUT2D eigenvalue weighted by Gasteiger charge is -2.02. The predicted molar refractivity (Wildman–Crippen MR) is 58.5 cm³/mol. The normalized spacial score (nSPS) is 11.8. The fraction of sp³-hybridized carbons (Fsp3) is 0.375. The Morgan fingerprint density at radius 3 is 2.94 bits per heavy atom. The van der Waals surface area contributed by atoms with E-state index in [0.29, 0.717) is 12.2 Å². The van der Waals surface area contributed by atoms with Crippen LogP contribution >= 0.6 is 0 Å². The van der Waals surface area contributed by atoms with E-state index in [1.807, 2.05) is 0 Å². The smallest absolute Gasteiger partial charge is 0.257 e. The number of nitrogens with zero attached hydrogens (tertiary/aromatic N) is 4. The van der Waals surface area contributed by atoms with Gasteiger partial charge in [0.2, 0.25) is 0 Å². The molecule has 0 aromatic carbocycles. The summed E-state index contributed by atoms with van der Waals surface area (Å²) in [6.07, 6.45) is 4.57. The molecule has 9 heteroatoms. The van der Waals surface area contributed by atoms with Crippen LogP contribution in [0.4, 0.5) is 0 Å². The van der Waals surface area contributed by atoms with Gasteiger partial charge >= 0.3 is 0 Å². The second-order valence-electron chi connectivity index (χ2n) is 3.40. The first-order valence-corrected chi connectivity index (χ1v) is 6.39. The molecule has 0 bridgehead atoms. The summed E-state index contributed by atoms with van der Waals surface area (Å²) < 4.78 is 27.3. The molecule has 0 aliphatic rings. The molecular weight excluding hydrogens is 244 g/mol. The van der Waals surface area contributed by atoms with Crippen molar-refractivity contribution in [3.8, 4) is 0 Å². The van der Waals surface area contributed by atoms with Gasteiger partial charge in [0.25, 0.3) is 10.0 Å². The number of imidazole rings is 1. The molecule has 0 aliphatic heterocycles. The molecule has 2 heterocycles. The summed E-state index contributed by atoms with van der Waals surface area (Å²) in [6.45, 7) is 0.241. The third-order valence-corrected chi connectivity index (χ3v) is 3.44. The van der Waals surface area contributed by atoms with Gasteiger partial charge < -0.3 is 4.98 Å². The fourth-order valence-corrected chi connectivity index (χ4v) is 2.20. The Labute approximate surface area is 98.1 Å². The molecule has 0 atom stereocenters. The number of nitrogens with one attached hydrogen (secondary N) is 2. The van der Waals surface area contributed by atoms with Crippen molar-refractivity contribution in [1.82, 2.24) is 29.5 Å². The molecule has 0 unspecified atom stereocenters. The second-order valence-corrected chi connectivity index (χ2v) is 5.13. The number of aromatic amines is 1. The van der Waals surface area contributed by atoms with Gasteiger partial charge in [0.15, 0.2) is 10.9 Å². The molecule has 17 heavy (non-hydrogen) atoms. The highest BCUT2D eigenvalue weighted by Crippen LogP contribution is 2.01. The lowest BCUT2D eigenvalue weighted by atomic mass is 10.4. The van der Waals surface area contributed by atoms with E-state index >= 15 is 0 Å². The molecule has 0 fully saturated rings. The molecule has 2 aromatic heterocycles. The molecule has 2 N–H and O–H groups in total. The van der Waals surface area contributed by atoms with Crippen LogP contribution in [0.5, 0.6) is 0 Å². The lowest BCUT2D eigenvalue weighted by molar-refractivity contribution is 0.577. The molecule has 92 valence electrons. The van der Waals surface area contributed by atoms with Crippen LogP contribution in [0.1, 0.15) is 5.82 Å². The van der Waals surface area contributed by atoms with Crippen molar-refractivity contribution in [2.75, 3.05) is 6.54 Å². The van der Waals surface area contributed by atoms with E-state index in [4.69, 9.17) is 0 Å². The molecule has 0 aliphatic carbocycles. The van der Waals surface area contributed by atoms with Gasteiger partial charge in [-0.2, -0.15) is 5.10 Å². The Morgan fingerprint density at radius 1 is 1.53 bits per heavy atom. The minimum atomic E-state index is -3.51. The van der Waals surface area contributed by atoms with Gasteiger partial charge in [-0.05, 0) is 0 Å². The summed E-state index contributed by atoms with van der Waals surface area (Å²) in [5, 5.41) is 4.09. The van der Waals surface area contributed by atoms with Crippen molar-refractivity contribution in [2.45, 2.75) is 11.4 Å². The van der Waals surface area contributed by atoms with Crippen LogP contribution in [-0.2, 0) is 23.5 Å². The van der Waals surface area contributed by atoms with Gasteiger partial charge in [0.05, 0.1) is 12.5 Å². The maximum Gasteiger partial charge on any atom is 0.257 e. The SMILES string of the molecule is Cn1cnc(CCNS(=O)(=O)c2cnc[nH]2)n1. The van der Waals surface area contributed by atoms with Crippen LogP contribution < -0.4 is 4.72 Å². The van der Waals surface area contributed by atoms with Crippen LogP contribution in [0.15, 0.2) is 23.9 Å². The zero-order valence-corrected chi connectivity index (χ0v) is 9.98. The van der Waals surface area contributed by atoms with Crippen molar-refractivity contribution >= 4 is 10.0 Å². The largest absolute Gasteiger partial charge is 0.335 e. The fourth-order valence-electron chi connectivity index (χ4n) is 1.26. The average Bonchev–Trinajstić information content (AvgIpc) is 2.89. The van der Waals surface area contributed by atoms with Crippen molar-refractivity contribution < 1.29 is 8.42 Å². The molecule has 0 saturated carbocycles. The molecule has 8 nitrogen and oxygen atoms in total. The van der Waals surface area contributed by atoms with Crippen molar-refractivity contribution in [3.63, 3.8) is 0 Å². The van der Waals surface area contributed by atoms with Gasteiger partial charge in [0, 0.05) is 20.0 Å². The molecule has 0 amide bonds. The molecule has 2 rings (SSSR count). The van der Waals surface area contributed by atoms with Crippen molar-refractivity contribution in [3.05, 3.63) is 24.7 Å². The molecular formula is C8H12N6O2S. The topological polar surface area (TPSA) is 106 Å². The van der Waals surface area contributed by atoms with Gasteiger partial charge in [-0.1, -0.05) is 0 Å². The third-order valence-electron chi connectivity index (χ3n) is 2.05. The standard InChI is InChI=1S/C8H12N6O2S/c1-14-6-11-7(13-14)2-3-12-17(15,16)8-4-9-5-10-8/h4-6,12H,2-3H2,1H3,(H,9,10). The summed E-state index contributed by atoms with van der Waals surface area (Å²) in [4.78, 5) is 10.2. The zero-order valence-electron chi connectivity index (χ0n) is 9.16. The Balaban J connectivity index is 1.91. The van der Waals surface area contributed by atoms with E-state index in [9.17, 15) is 8.42 Å². The van der Waals surface area contributed by atoms with E-state index in [1.165, 1.54) is 12.5 Å². The van der Waals surface area contributed by atoms with Crippen LogP contribution in [-0.4, -0.2) is 39.7 Å². The Kier molecular flexibility index (Phi) is 3.20. The first-order valence-electron chi connectivity index (χ1n) is 4.90.